The molecule has 0 unspecified atom stereocenters. The number of hydrogen-bond donors (Lipinski definition) is 1. The average molecular weight is 703 g/mol. The lowest BCUT2D eigenvalue weighted by Gasteiger charge is -2.34. The normalized spacial score (nSPS) is 13.2. The third-order valence-electron chi connectivity index (χ3n) is 6.74. The smallest absolute Gasteiger partial charge is 0.352 e. The summed E-state index contributed by atoms with van der Waals surface area (Å²) in [6.07, 6.45) is -3.29. The van der Waals surface area contributed by atoms with Crippen molar-refractivity contribution in [3.63, 3.8) is 0 Å². The van der Waals surface area contributed by atoms with Crippen LogP contribution in [0.25, 0.3) is 0 Å². The standard InChI is InChI=1S/C30H32BrClF3N3O4S/c1-4-20(2)36-29(40)27(16-21-9-6-5-7-10-21)37(18-22-11-8-12-24(31)15-22)28(39)19-38(43(3,41)42)26-17-23(30(33,34)35)13-14-25(26)32/h5-15,17,20,27H,4,16,18-19H2,1-3H3,(H,36,40)/t20-,27-/m1/s1. The molecular formula is C30H32BrClF3N3O4S. The predicted molar refractivity (Wildman–Crippen MR) is 165 cm³/mol. The van der Waals surface area contributed by atoms with Crippen LogP contribution in [0.15, 0.2) is 77.3 Å². The first-order chi connectivity index (χ1) is 20.1. The van der Waals surface area contributed by atoms with Crippen LogP contribution in [-0.4, -0.2) is 50.0 Å². The Labute approximate surface area is 263 Å². The summed E-state index contributed by atoms with van der Waals surface area (Å²) < 4.78 is 67.7. The van der Waals surface area contributed by atoms with Gasteiger partial charge in [0.15, 0.2) is 0 Å². The molecule has 0 aromatic heterocycles. The third-order valence-corrected chi connectivity index (χ3v) is 8.67. The minimum atomic E-state index is -4.78. The van der Waals surface area contributed by atoms with E-state index in [4.69, 9.17) is 11.6 Å². The highest BCUT2D eigenvalue weighted by atomic mass is 79.9. The molecule has 0 saturated heterocycles. The lowest BCUT2D eigenvalue weighted by Crippen LogP contribution is -2.54. The highest BCUT2D eigenvalue weighted by Crippen LogP contribution is 2.36. The zero-order valence-corrected chi connectivity index (χ0v) is 26.9. The Morgan fingerprint density at radius 3 is 2.23 bits per heavy atom. The van der Waals surface area contributed by atoms with Gasteiger partial charge in [0.25, 0.3) is 0 Å². The van der Waals surface area contributed by atoms with Gasteiger partial charge in [0, 0.05) is 23.5 Å². The minimum Gasteiger partial charge on any atom is -0.352 e. The molecule has 3 aromatic rings. The molecule has 7 nitrogen and oxygen atoms in total. The molecule has 0 bridgehead atoms. The molecule has 0 fully saturated rings. The first kappa shape index (κ1) is 34.4. The number of rotatable bonds is 12. The van der Waals surface area contributed by atoms with Crippen molar-refractivity contribution in [3.8, 4) is 0 Å². The summed E-state index contributed by atoms with van der Waals surface area (Å²) in [5.41, 5.74) is -0.243. The SMILES string of the molecule is CC[C@@H](C)NC(=O)[C@@H](Cc1ccccc1)N(Cc1cccc(Br)c1)C(=O)CN(c1cc(C(F)(F)F)ccc1Cl)S(C)(=O)=O. The lowest BCUT2D eigenvalue weighted by atomic mass is 10.0. The van der Waals surface area contributed by atoms with Gasteiger partial charge in [0.05, 0.1) is 22.5 Å². The van der Waals surface area contributed by atoms with E-state index in [9.17, 15) is 31.2 Å². The Kier molecular flexibility index (Phi) is 11.7. The Hall–Kier alpha value is -3.09. The van der Waals surface area contributed by atoms with Crippen molar-refractivity contribution in [1.29, 1.82) is 0 Å². The van der Waals surface area contributed by atoms with Crippen molar-refractivity contribution in [2.45, 2.75) is 51.5 Å². The van der Waals surface area contributed by atoms with Gasteiger partial charge in [0.2, 0.25) is 21.8 Å². The van der Waals surface area contributed by atoms with Crippen LogP contribution < -0.4 is 9.62 Å². The zero-order valence-electron chi connectivity index (χ0n) is 23.7. The fraction of sp³-hybridized carbons (Fsp3) is 0.333. The topological polar surface area (TPSA) is 86.8 Å². The van der Waals surface area contributed by atoms with Gasteiger partial charge >= 0.3 is 6.18 Å². The van der Waals surface area contributed by atoms with Crippen molar-refractivity contribution in [2.24, 2.45) is 0 Å². The summed E-state index contributed by atoms with van der Waals surface area (Å²) in [6, 6.07) is 17.0. The number of halogens is 5. The molecule has 0 saturated carbocycles. The van der Waals surface area contributed by atoms with Crippen LogP contribution in [0, 0.1) is 0 Å². The molecule has 13 heteroatoms. The van der Waals surface area contributed by atoms with Crippen LogP contribution in [0.5, 0.6) is 0 Å². The summed E-state index contributed by atoms with van der Waals surface area (Å²) >= 11 is 9.58. The fourth-order valence-electron chi connectivity index (χ4n) is 4.30. The second-order valence-electron chi connectivity index (χ2n) is 10.1. The van der Waals surface area contributed by atoms with Crippen molar-refractivity contribution < 1.29 is 31.2 Å². The first-order valence-corrected chi connectivity index (χ1v) is 16.3. The second kappa shape index (κ2) is 14.6. The molecule has 232 valence electrons. The Morgan fingerprint density at radius 1 is 1.00 bits per heavy atom. The molecule has 3 aromatic carbocycles. The number of nitrogens with one attached hydrogen (secondary N) is 1. The van der Waals surface area contributed by atoms with Crippen LogP contribution in [0.1, 0.15) is 37.0 Å². The first-order valence-electron chi connectivity index (χ1n) is 13.3. The molecule has 2 amide bonds. The molecule has 0 aliphatic heterocycles. The number of benzene rings is 3. The number of carbonyl (C=O) groups is 2. The van der Waals surface area contributed by atoms with Gasteiger partial charge < -0.3 is 10.2 Å². The van der Waals surface area contributed by atoms with E-state index in [0.29, 0.717) is 22.4 Å². The van der Waals surface area contributed by atoms with E-state index < -0.39 is 51.9 Å². The highest BCUT2D eigenvalue weighted by Gasteiger charge is 2.36. The van der Waals surface area contributed by atoms with E-state index in [2.05, 4.69) is 21.2 Å². The fourth-order valence-corrected chi connectivity index (χ4v) is 5.87. The van der Waals surface area contributed by atoms with Gasteiger partial charge in [-0.15, -0.1) is 0 Å². The number of sulfonamides is 1. The van der Waals surface area contributed by atoms with Crippen molar-refractivity contribution in [1.82, 2.24) is 10.2 Å². The van der Waals surface area contributed by atoms with Gasteiger partial charge in [-0.2, -0.15) is 13.2 Å². The minimum absolute atomic E-state index is 0.0857. The predicted octanol–water partition coefficient (Wildman–Crippen LogP) is 6.44. The van der Waals surface area contributed by atoms with Gasteiger partial charge in [-0.25, -0.2) is 8.42 Å². The van der Waals surface area contributed by atoms with Crippen LogP contribution in [0.3, 0.4) is 0 Å². The largest absolute Gasteiger partial charge is 0.416 e. The summed E-state index contributed by atoms with van der Waals surface area (Å²) in [5.74, 6) is -1.26. The van der Waals surface area contributed by atoms with E-state index in [0.717, 1.165) is 28.4 Å². The molecule has 0 heterocycles. The van der Waals surface area contributed by atoms with E-state index in [1.165, 1.54) is 4.90 Å². The monoisotopic (exact) mass is 701 g/mol. The maximum absolute atomic E-state index is 14.1. The summed E-state index contributed by atoms with van der Waals surface area (Å²) in [6.45, 7) is 2.73. The molecule has 0 spiro atoms. The Morgan fingerprint density at radius 2 is 1.65 bits per heavy atom. The van der Waals surface area contributed by atoms with Crippen LogP contribution in [0.4, 0.5) is 18.9 Å². The van der Waals surface area contributed by atoms with Crippen molar-refractivity contribution >= 4 is 55.1 Å². The Bertz CT molecular complexity index is 1540. The maximum atomic E-state index is 14.1. The number of nitrogens with zero attached hydrogens (tertiary/aromatic N) is 2. The zero-order chi connectivity index (χ0) is 31.9. The summed E-state index contributed by atoms with van der Waals surface area (Å²) in [4.78, 5) is 29.1. The molecule has 43 heavy (non-hydrogen) atoms. The quantitative estimate of drug-likeness (QED) is 0.236. The lowest BCUT2D eigenvalue weighted by molar-refractivity contribution is -0.140. The van der Waals surface area contributed by atoms with Crippen LogP contribution in [-0.2, 0) is 38.8 Å². The highest BCUT2D eigenvalue weighted by molar-refractivity contribution is 9.10. The van der Waals surface area contributed by atoms with E-state index in [-0.39, 0.29) is 24.0 Å². The molecule has 2 atom stereocenters. The van der Waals surface area contributed by atoms with E-state index in [1.807, 2.05) is 19.9 Å². The summed E-state index contributed by atoms with van der Waals surface area (Å²) in [5, 5.41) is 2.62. The second-order valence-corrected chi connectivity index (χ2v) is 13.3. The molecule has 0 aliphatic rings. The number of carbonyl (C=O) groups excluding carboxylic acids is 2. The number of amides is 2. The van der Waals surface area contributed by atoms with Crippen molar-refractivity contribution in [2.75, 3.05) is 17.1 Å². The number of alkyl halides is 3. The van der Waals surface area contributed by atoms with E-state index in [1.54, 1.807) is 48.5 Å². The van der Waals surface area contributed by atoms with Crippen LogP contribution in [0.2, 0.25) is 5.02 Å². The van der Waals surface area contributed by atoms with Gasteiger partial charge in [0.1, 0.15) is 12.6 Å². The molecule has 0 radical (unpaired) electrons. The van der Waals surface area contributed by atoms with Crippen LogP contribution >= 0.6 is 27.5 Å². The molecule has 3 rings (SSSR count). The average Bonchev–Trinajstić information content (AvgIpc) is 2.93. The molecule has 1 N–H and O–H groups in total. The van der Waals surface area contributed by atoms with Crippen molar-refractivity contribution in [3.05, 3.63) is 99.0 Å². The maximum Gasteiger partial charge on any atom is 0.416 e. The number of hydrogen-bond acceptors (Lipinski definition) is 4. The van der Waals surface area contributed by atoms with Gasteiger partial charge in [-0.1, -0.05) is 76.9 Å². The van der Waals surface area contributed by atoms with Gasteiger partial charge in [-0.05, 0) is 54.8 Å². The third kappa shape index (κ3) is 9.70. The number of anilines is 1. The van der Waals surface area contributed by atoms with E-state index >= 15 is 0 Å². The Balaban J connectivity index is 2.12. The summed E-state index contributed by atoms with van der Waals surface area (Å²) in [7, 11) is -4.31. The molecule has 0 aliphatic carbocycles. The van der Waals surface area contributed by atoms with Gasteiger partial charge in [-0.3, -0.25) is 13.9 Å². The molecular weight excluding hydrogens is 671 g/mol.